The molecule has 11 heavy (non-hydrogen) atoms. The van der Waals surface area contributed by atoms with Gasteiger partial charge in [0.2, 0.25) is 0 Å². The summed E-state index contributed by atoms with van der Waals surface area (Å²) in [4.78, 5) is 0. The van der Waals surface area contributed by atoms with Gasteiger partial charge in [-0.25, -0.2) is 0 Å². The Morgan fingerprint density at radius 1 is 1.45 bits per heavy atom. The number of alkyl halides is 1. The van der Waals surface area contributed by atoms with Crippen LogP contribution in [0.4, 0.5) is 0 Å². The minimum atomic E-state index is 0.387. The van der Waals surface area contributed by atoms with Gasteiger partial charge in [0.1, 0.15) is 0 Å². The molecule has 0 saturated carbocycles. The summed E-state index contributed by atoms with van der Waals surface area (Å²) in [6.07, 6.45) is 2.80. The number of halogens is 1. The van der Waals surface area contributed by atoms with Crippen molar-refractivity contribution in [1.29, 1.82) is 0 Å². The first-order valence-electron chi connectivity index (χ1n) is 4.10. The summed E-state index contributed by atoms with van der Waals surface area (Å²) in [6.45, 7) is 2.75. The molecule has 0 radical (unpaired) electrons. The monoisotopic (exact) mass is 220 g/mol. The highest BCUT2D eigenvalue weighted by atomic mass is 79.9. The van der Waals surface area contributed by atoms with E-state index in [0.717, 1.165) is 25.2 Å². The highest BCUT2D eigenvalue weighted by Gasteiger charge is 2.42. The van der Waals surface area contributed by atoms with E-state index in [1.807, 2.05) is 0 Å². The second kappa shape index (κ2) is 3.04. The number of hydrogen-bond donors (Lipinski definition) is 0. The largest absolute Gasteiger partial charge is 0.381 e. The molecule has 0 unspecified atom stereocenters. The summed E-state index contributed by atoms with van der Waals surface area (Å²) in [5, 5.41) is 0.967. The van der Waals surface area contributed by atoms with E-state index in [4.69, 9.17) is 9.47 Å². The van der Waals surface area contributed by atoms with E-state index in [2.05, 4.69) is 15.9 Å². The van der Waals surface area contributed by atoms with Gasteiger partial charge >= 0.3 is 0 Å². The molecule has 2 atom stereocenters. The van der Waals surface area contributed by atoms with Gasteiger partial charge in [0.05, 0.1) is 19.3 Å². The van der Waals surface area contributed by atoms with E-state index < -0.39 is 0 Å². The van der Waals surface area contributed by atoms with Gasteiger partial charge in [0.25, 0.3) is 0 Å². The maximum atomic E-state index is 5.61. The Morgan fingerprint density at radius 3 is 2.91 bits per heavy atom. The molecular weight excluding hydrogens is 208 g/mol. The van der Waals surface area contributed by atoms with Crippen LogP contribution < -0.4 is 0 Å². The van der Waals surface area contributed by atoms with Crippen molar-refractivity contribution >= 4 is 15.9 Å². The Bertz CT molecular complexity index is 143. The standard InChI is InChI=1S/C8H13BrO2/c9-4-7-3-8(6-11-7)1-2-10-5-8/h7H,1-6H2/t7-,8+/m0/s1. The lowest BCUT2D eigenvalue weighted by atomic mass is 9.85. The summed E-state index contributed by atoms with van der Waals surface area (Å²) in [7, 11) is 0. The van der Waals surface area contributed by atoms with Gasteiger partial charge < -0.3 is 9.47 Å². The van der Waals surface area contributed by atoms with E-state index >= 15 is 0 Å². The summed E-state index contributed by atoms with van der Waals surface area (Å²) in [5.74, 6) is 0. The Balaban J connectivity index is 1.96. The Hall–Kier alpha value is 0.400. The molecule has 0 aliphatic carbocycles. The highest BCUT2D eigenvalue weighted by molar-refractivity contribution is 9.09. The highest BCUT2D eigenvalue weighted by Crippen LogP contribution is 2.40. The molecule has 0 aromatic carbocycles. The van der Waals surface area contributed by atoms with Crippen LogP contribution >= 0.6 is 15.9 Å². The molecule has 2 rings (SSSR count). The Labute approximate surface area is 75.4 Å². The Kier molecular flexibility index (Phi) is 2.21. The van der Waals surface area contributed by atoms with Crippen molar-refractivity contribution in [3.05, 3.63) is 0 Å². The van der Waals surface area contributed by atoms with Crippen LogP contribution in [0.3, 0.4) is 0 Å². The second-order valence-corrected chi connectivity index (χ2v) is 4.24. The zero-order valence-corrected chi connectivity index (χ0v) is 8.10. The van der Waals surface area contributed by atoms with E-state index in [-0.39, 0.29) is 0 Å². The van der Waals surface area contributed by atoms with Gasteiger partial charge in [0.15, 0.2) is 0 Å². The number of rotatable bonds is 1. The van der Waals surface area contributed by atoms with Gasteiger partial charge in [-0.05, 0) is 12.8 Å². The van der Waals surface area contributed by atoms with Crippen LogP contribution in [-0.4, -0.2) is 31.3 Å². The van der Waals surface area contributed by atoms with Gasteiger partial charge in [-0.1, -0.05) is 15.9 Å². The zero-order chi connectivity index (χ0) is 7.73. The lowest BCUT2D eigenvalue weighted by Gasteiger charge is -2.17. The summed E-state index contributed by atoms with van der Waals surface area (Å²) >= 11 is 3.44. The third kappa shape index (κ3) is 1.46. The fourth-order valence-corrected chi connectivity index (χ4v) is 2.33. The van der Waals surface area contributed by atoms with Crippen LogP contribution in [0, 0.1) is 5.41 Å². The third-order valence-corrected chi connectivity index (χ3v) is 3.37. The first-order chi connectivity index (χ1) is 5.35. The van der Waals surface area contributed by atoms with Crippen molar-refractivity contribution in [2.75, 3.05) is 25.2 Å². The van der Waals surface area contributed by atoms with Crippen LogP contribution in [-0.2, 0) is 9.47 Å². The zero-order valence-electron chi connectivity index (χ0n) is 6.51. The van der Waals surface area contributed by atoms with Gasteiger partial charge in [0, 0.05) is 17.4 Å². The molecule has 3 heteroatoms. The second-order valence-electron chi connectivity index (χ2n) is 3.59. The van der Waals surface area contributed by atoms with E-state index in [9.17, 15) is 0 Å². The summed E-state index contributed by atoms with van der Waals surface area (Å²) in [6, 6.07) is 0. The molecule has 2 aliphatic heterocycles. The normalized spacial score (nSPS) is 43.9. The molecule has 0 aromatic rings. The fourth-order valence-electron chi connectivity index (χ4n) is 1.92. The molecule has 2 heterocycles. The quantitative estimate of drug-likeness (QED) is 0.626. The van der Waals surface area contributed by atoms with Crippen LogP contribution in [0.25, 0.3) is 0 Å². The average molecular weight is 221 g/mol. The lowest BCUT2D eigenvalue weighted by Crippen LogP contribution is -2.21. The van der Waals surface area contributed by atoms with Crippen molar-refractivity contribution in [3.8, 4) is 0 Å². The summed E-state index contributed by atoms with van der Waals surface area (Å²) in [5.41, 5.74) is 0.387. The first kappa shape index (κ1) is 8.02. The van der Waals surface area contributed by atoms with Gasteiger partial charge in [-0.2, -0.15) is 0 Å². The van der Waals surface area contributed by atoms with E-state index in [1.165, 1.54) is 12.8 Å². The van der Waals surface area contributed by atoms with Crippen molar-refractivity contribution in [2.45, 2.75) is 18.9 Å². The predicted octanol–water partition coefficient (Wildman–Crippen LogP) is 1.58. The average Bonchev–Trinajstić information content (AvgIpc) is 2.62. The molecule has 0 N–H and O–H groups in total. The minimum absolute atomic E-state index is 0.387. The minimum Gasteiger partial charge on any atom is -0.381 e. The topological polar surface area (TPSA) is 18.5 Å². The maximum absolute atomic E-state index is 5.61. The van der Waals surface area contributed by atoms with Gasteiger partial charge in [-0.15, -0.1) is 0 Å². The van der Waals surface area contributed by atoms with Crippen LogP contribution in [0.1, 0.15) is 12.8 Å². The van der Waals surface area contributed by atoms with Crippen molar-refractivity contribution in [1.82, 2.24) is 0 Å². The molecule has 0 amide bonds. The molecule has 2 nitrogen and oxygen atoms in total. The van der Waals surface area contributed by atoms with Crippen molar-refractivity contribution in [2.24, 2.45) is 5.41 Å². The van der Waals surface area contributed by atoms with Crippen LogP contribution in [0.5, 0.6) is 0 Å². The van der Waals surface area contributed by atoms with Crippen molar-refractivity contribution in [3.63, 3.8) is 0 Å². The maximum Gasteiger partial charge on any atom is 0.0679 e. The summed E-state index contributed by atoms with van der Waals surface area (Å²) < 4.78 is 11.0. The van der Waals surface area contributed by atoms with Crippen molar-refractivity contribution < 1.29 is 9.47 Å². The molecular formula is C8H13BrO2. The number of hydrogen-bond acceptors (Lipinski definition) is 2. The first-order valence-corrected chi connectivity index (χ1v) is 5.22. The Morgan fingerprint density at radius 2 is 2.36 bits per heavy atom. The lowest BCUT2D eigenvalue weighted by molar-refractivity contribution is 0.0987. The SMILES string of the molecule is BrC[C@@H]1C[C@@]2(CCOC2)CO1. The predicted molar refractivity (Wildman–Crippen MR) is 46.0 cm³/mol. The van der Waals surface area contributed by atoms with E-state index in [0.29, 0.717) is 11.5 Å². The van der Waals surface area contributed by atoms with Crippen LogP contribution in [0.15, 0.2) is 0 Å². The third-order valence-electron chi connectivity index (χ3n) is 2.64. The molecule has 2 fully saturated rings. The van der Waals surface area contributed by atoms with Gasteiger partial charge in [-0.3, -0.25) is 0 Å². The number of ether oxygens (including phenoxy) is 2. The molecule has 2 saturated heterocycles. The molecule has 1 spiro atoms. The smallest absolute Gasteiger partial charge is 0.0679 e. The molecule has 0 bridgehead atoms. The van der Waals surface area contributed by atoms with E-state index in [1.54, 1.807) is 0 Å². The molecule has 64 valence electrons. The molecule has 2 aliphatic rings. The fraction of sp³-hybridized carbons (Fsp3) is 1.00. The molecule has 0 aromatic heterocycles. The van der Waals surface area contributed by atoms with Crippen LogP contribution in [0.2, 0.25) is 0 Å².